The smallest absolute Gasteiger partial charge is 0.152 e. The molecule has 1 aliphatic rings. The van der Waals surface area contributed by atoms with Gasteiger partial charge in [-0.05, 0) is 0 Å². The fourth-order valence-corrected chi connectivity index (χ4v) is 2.69. The molecule has 7 nitrogen and oxygen atoms in total. The Labute approximate surface area is 130 Å². The van der Waals surface area contributed by atoms with Crippen LogP contribution in [0.4, 0.5) is 5.82 Å². The molecule has 22 heavy (non-hydrogen) atoms. The van der Waals surface area contributed by atoms with Crippen LogP contribution in [0.5, 0.6) is 0 Å². The first-order valence-electron chi connectivity index (χ1n) is 7.42. The van der Waals surface area contributed by atoms with E-state index < -0.39 is 0 Å². The van der Waals surface area contributed by atoms with Crippen LogP contribution < -0.4 is 4.90 Å². The normalized spacial score (nSPS) is 19.3. The van der Waals surface area contributed by atoms with Crippen LogP contribution in [-0.2, 0) is 18.3 Å². The Morgan fingerprint density at radius 2 is 2.14 bits per heavy atom. The number of aryl methyl sites for hydroxylation is 1. The second-order valence-electron chi connectivity index (χ2n) is 5.75. The Morgan fingerprint density at radius 1 is 1.32 bits per heavy atom. The summed E-state index contributed by atoms with van der Waals surface area (Å²) in [6.07, 6.45) is 7.15. The third kappa shape index (κ3) is 3.10. The van der Waals surface area contributed by atoms with Gasteiger partial charge >= 0.3 is 0 Å². The van der Waals surface area contributed by atoms with Crippen molar-refractivity contribution in [3.63, 3.8) is 0 Å². The molecule has 1 saturated heterocycles. The van der Waals surface area contributed by atoms with Crippen molar-refractivity contribution in [3.8, 4) is 0 Å². The van der Waals surface area contributed by atoms with Crippen LogP contribution in [0.1, 0.15) is 17.5 Å². The number of ether oxygens (including phenoxy) is 1. The fraction of sp³-hybridized carbons (Fsp3) is 0.533. The van der Waals surface area contributed by atoms with Gasteiger partial charge in [0.1, 0.15) is 11.8 Å². The van der Waals surface area contributed by atoms with Crippen LogP contribution in [0.3, 0.4) is 0 Å². The second-order valence-corrected chi connectivity index (χ2v) is 5.75. The molecule has 2 aromatic heterocycles. The lowest BCUT2D eigenvalue weighted by atomic mass is 10.2. The van der Waals surface area contributed by atoms with E-state index in [-0.39, 0.29) is 6.10 Å². The molecule has 3 heterocycles. The lowest BCUT2D eigenvalue weighted by molar-refractivity contribution is -0.0354. The average Bonchev–Trinajstić information content (AvgIpc) is 2.93. The zero-order valence-corrected chi connectivity index (χ0v) is 13.3. The maximum atomic E-state index is 5.94. The maximum absolute atomic E-state index is 5.94. The van der Waals surface area contributed by atoms with Crippen molar-refractivity contribution in [1.29, 1.82) is 0 Å². The van der Waals surface area contributed by atoms with E-state index in [0.717, 1.165) is 31.1 Å². The number of rotatable bonds is 4. The molecule has 0 aromatic carbocycles. The van der Waals surface area contributed by atoms with Gasteiger partial charge in [-0.3, -0.25) is 9.88 Å². The summed E-state index contributed by atoms with van der Waals surface area (Å²) in [5.74, 6) is 0.870. The van der Waals surface area contributed by atoms with Crippen LogP contribution >= 0.6 is 0 Å². The van der Waals surface area contributed by atoms with Gasteiger partial charge in [0.05, 0.1) is 18.6 Å². The highest BCUT2D eigenvalue weighted by molar-refractivity contribution is 5.42. The topological polar surface area (TPSA) is 59.3 Å². The van der Waals surface area contributed by atoms with Gasteiger partial charge in [-0.25, -0.2) is 9.97 Å². The first-order chi connectivity index (χ1) is 10.6. The van der Waals surface area contributed by atoms with Crippen LogP contribution in [-0.4, -0.2) is 58.2 Å². The van der Waals surface area contributed by atoms with Crippen LogP contribution in [0.2, 0.25) is 0 Å². The van der Waals surface area contributed by atoms with Gasteiger partial charge in [0.2, 0.25) is 0 Å². The van der Waals surface area contributed by atoms with Crippen molar-refractivity contribution >= 4 is 5.82 Å². The third-order valence-corrected chi connectivity index (χ3v) is 3.89. The van der Waals surface area contributed by atoms with Gasteiger partial charge in [-0.1, -0.05) is 0 Å². The number of anilines is 1. The molecule has 7 heteroatoms. The van der Waals surface area contributed by atoms with Gasteiger partial charge in [-0.2, -0.15) is 0 Å². The average molecular weight is 302 g/mol. The predicted octanol–water partition coefficient (Wildman–Crippen LogP) is 0.850. The minimum absolute atomic E-state index is 0.0481. The molecule has 0 amide bonds. The zero-order valence-electron chi connectivity index (χ0n) is 13.3. The third-order valence-electron chi connectivity index (χ3n) is 3.89. The second kappa shape index (κ2) is 6.41. The molecule has 1 aliphatic heterocycles. The molecule has 3 rings (SSSR count). The highest BCUT2D eigenvalue weighted by Crippen LogP contribution is 2.27. The summed E-state index contributed by atoms with van der Waals surface area (Å²) in [4.78, 5) is 17.4. The van der Waals surface area contributed by atoms with E-state index in [1.807, 2.05) is 38.6 Å². The molecule has 0 spiro atoms. The molecule has 0 radical (unpaired) electrons. The molecule has 118 valence electrons. The van der Waals surface area contributed by atoms with Gasteiger partial charge < -0.3 is 14.2 Å². The quantitative estimate of drug-likeness (QED) is 0.834. The monoisotopic (exact) mass is 302 g/mol. The summed E-state index contributed by atoms with van der Waals surface area (Å²) in [5.41, 5.74) is 2.11. The Balaban J connectivity index is 1.75. The molecule has 0 unspecified atom stereocenters. The van der Waals surface area contributed by atoms with E-state index in [1.54, 1.807) is 12.4 Å². The molecule has 0 N–H and O–H groups in total. The van der Waals surface area contributed by atoms with E-state index in [2.05, 4.69) is 24.4 Å². The van der Waals surface area contributed by atoms with Gasteiger partial charge in [-0.15, -0.1) is 0 Å². The molecular weight excluding hydrogens is 280 g/mol. The van der Waals surface area contributed by atoms with Crippen LogP contribution in [0.15, 0.2) is 24.9 Å². The van der Waals surface area contributed by atoms with E-state index in [9.17, 15) is 0 Å². The van der Waals surface area contributed by atoms with Crippen LogP contribution in [0.25, 0.3) is 0 Å². The number of hydrogen-bond donors (Lipinski definition) is 0. The summed E-state index contributed by atoms with van der Waals surface area (Å²) in [6, 6.07) is 0. The Kier molecular flexibility index (Phi) is 4.35. The molecular formula is C15H22N6O. The van der Waals surface area contributed by atoms with Crippen molar-refractivity contribution in [2.24, 2.45) is 7.05 Å². The van der Waals surface area contributed by atoms with Gasteiger partial charge in [0, 0.05) is 59.4 Å². The van der Waals surface area contributed by atoms with E-state index in [4.69, 9.17) is 4.74 Å². The largest absolute Gasteiger partial charge is 0.369 e. The molecule has 1 atom stereocenters. The fourth-order valence-electron chi connectivity index (χ4n) is 2.69. The Morgan fingerprint density at radius 3 is 2.86 bits per heavy atom. The van der Waals surface area contributed by atoms with Crippen molar-refractivity contribution < 1.29 is 4.74 Å². The Hall–Kier alpha value is -1.99. The minimum atomic E-state index is -0.0481. The number of nitrogens with zero attached hydrogens (tertiary/aromatic N) is 6. The highest BCUT2D eigenvalue weighted by Gasteiger charge is 2.26. The summed E-state index contributed by atoms with van der Waals surface area (Å²) < 4.78 is 7.99. The van der Waals surface area contributed by atoms with E-state index in [0.29, 0.717) is 6.61 Å². The molecule has 0 bridgehead atoms. The molecule has 0 saturated carbocycles. The summed E-state index contributed by atoms with van der Waals surface area (Å²) >= 11 is 0. The van der Waals surface area contributed by atoms with Crippen molar-refractivity contribution in [3.05, 3.63) is 36.3 Å². The first-order valence-corrected chi connectivity index (χ1v) is 7.42. The SMILES string of the molecule is CN(C)c1nccnc1[C@@H]1CN(Cc2cncn2C)CCO1. The predicted molar refractivity (Wildman–Crippen MR) is 83.5 cm³/mol. The summed E-state index contributed by atoms with van der Waals surface area (Å²) in [5, 5.41) is 0. The van der Waals surface area contributed by atoms with Crippen LogP contribution in [0, 0.1) is 0 Å². The standard InChI is InChI=1S/C15H22N6O/c1-19(2)15-14(17-4-5-18-15)13-10-21(6-7-22-13)9-12-8-16-11-20(12)3/h4-5,8,11,13H,6-7,9-10H2,1-3H3/t13-/m0/s1. The highest BCUT2D eigenvalue weighted by atomic mass is 16.5. The lowest BCUT2D eigenvalue weighted by Gasteiger charge is -2.33. The summed E-state index contributed by atoms with van der Waals surface area (Å²) in [7, 11) is 5.97. The van der Waals surface area contributed by atoms with Gasteiger partial charge in [0.15, 0.2) is 5.82 Å². The van der Waals surface area contributed by atoms with Crippen molar-refractivity contribution in [2.75, 3.05) is 38.7 Å². The molecule has 0 aliphatic carbocycles. The Bertz CT molecular complexity index is 626. The maximum Gasteiger partial charge on any atom is 0.152 e. The lowest BCUT2D eigenvalue weighted by Crippen LogP contribution is -2.39. The minimum Gasteiger partial charge on any atom is -0.369 e. The van der Waals surface area contributed by atoms with E-state index >= 15 is 0 Å². The molecule has 2 aromatic rings. The van der Waals surface area contributed by atoms with E-state index in [1.165, 1.54) is 5.69 Å². The number of aromatic nitrogens is 4. The number of morpholine rings is 1. The number of hydrogen-bond acceptors (Lipinski definition) is 6. The zero-order chi connectivity index (χ0) is 15.5. The summed E-state index contributed by atoms with van der Waals surface area (Å²) in [6.45, 7) is 3.30. The molecule has 1 fully saturated rings. The number of imidazole rings is 1. The van der Waals surface area contributed by atoms with Gasteiger partial charge in [0.25, 0.3) is 0 Å². The van der Waals surface area contributed by atoms with Crippen molar-refractivity contribution in [1.82, 2.24) is 24.4 Å². The first kappa shape index (κ1) is 14.9. The van der Waals surface area contributed by atoms with Crippen molar-refractivity contribution in [2.45, 2.75) is 12.6 Å².